The van der Waals surface area contributed by atoms with E-state index < -0.39 is 0 Å². The summed E-state index contributed by atoms with van der Waals surface area (Å²) in [5, 5.41) is 2.97. The highest BCUT2D eigenvalue weighted by Crippen LogP contribution is 2.14. The van der Waals surface area contributed by atoms with Crippen LogP contribution in [0.15, 0.2) is 48.5 Å². The van der Waals surface area contributed by atoms with Crippen molar-refractivity contribution in [1.29, 1.82) is 0 Å². The van der Waals surface area contributed by atoms with Gasteiger partial charge in [0.15, 0.2) is 0 Å². The van der Waals surface area contributed by atoms with E-state index in [-0.39, 0.29) is 5.91 Å². The van der Waals surface area contributed by atoms with Crippen LogP contribution in [-0.2, 0) is 12.8 Å². The highest BCUT2D eigenvalue weighted by atomic mass is 16.1. The van der Waals surface area contributed by atoms with Crippen LogP contribution in [0.5, 0.6) is 0 Å². The van der Waals surface area contributed by atoms with Crippen LogP contribution >= 0.6 is 0 Å². The van der Waals surface area contributed by atoms with Gasteiger partial charge in [-0.2, -0.15) is 0 Å². The number of carbonyl (C=O) groups is 1. The van der Waals surface area contributed by atoms with Gasteiger partial charge in [0, 0.05) is 11.3 Å². The molecule has 1 N–H and O–H groups in total. The quantitative estimate of drug-likeness (QED) is 0.562. The number of carbonyl (C=O) groups excluding carboxylic acids is 1. The standard InChI is InChI=1S/C22H29NO/c1-3-5-6-7-8-9-19-12-16-21(17-13-19)23-22(24)20-14-10-18(4-2)11-15-20/h10-17H,3-9H2,1-2H3,(H,23,24). The number of rotatable bonds is 9. The Morgan fingerprint density at radius 2 is 1.42 bits per heavy atom. The SMILES string of the molecule is CCCCCCCc1ccc(NC(=O)c2ccc(CC)cc2)cc1. The van der Waals surface area contributed by atoms with E-state index in [1.54, 1.807) is 0 Å². The Labute approximate surface area is 146 Å². The third-order valence-electron chi connectivity index (χ3n) is 4.41. The minimum Gasteiger partial charge on any atom is -0.322 e. The molecule has 2 heteroatoms. The Balaban J connectivity index is 1.83. The number of amides is 1. The van der Waals surface area contributed by atoms with Gasteiger partial charge >= 0.3 is 0 Å². The summed E-state index contributed by atoms with van der Waals surface area (Å²) in [6.45, 7) is 4.35. The molecule has 24 heavy (non-hydrogen) atoms. The van der Waals surface area contributed by atoms with Crippen LogP contribution in [0.2, 0.25) is 0 Å². The highest BCUT2D eigenvalue weighted by Gasteiger charge is 2.05. The third-order valence-corrected chi connectivity index (χ3v) is 4.41. The van der Waals surface area contributed by atoms with Gasteiger partial charge in [-0.3, -0.25) is 4.79 Å². The average molecular weight is 323 g/mol. The molecule has 0 aliphatic carbocycles. The van der Waals surface area contributed by atoms with Gasteiger partial charge in [0.1, 0.15) is 0 Å². The van der Waals surface area contributed by atoms with Crippen molar-refractivity contribution in [3.63, 3.8) is 0 Å². The Bertz CT molecular complexity index is 613. The highest BCUT2D eigenvalue weighted by molar-refractivity contribution is 6.04. The predicted molar refractivity (Wildman–Crippen MR) is 103 cm³/mol. The largest absolute Gasteiger partial charge is 0.322 e. The van der Waals surface area contributed by atoms with Gasteiger partial charge in [-0.25, -0.2) is 0 Å². The Kier molecular flexibility index (Phi) is 7.54. The predicted octanol–water partition coefficient (Wildman–Crippen LogP) is 6.01. The number of unbranched alkanes of at least 4 members (excludes halogenated alkanes) is 4. The first-order valence-electron chi connectivity index (χ1n) is 9.22. The molecule has 0 fully saturated rings. The Morgan fingerprint density at radius 1 is 0.792 bits per heavy atom. The average Bonchev–Trinajstić information content (AvgIpc) is 2.63. The normalized spacial score (nSPS) is 10.6. The van der Waals surface area contributed by atoms with Crippen LogP contribution in [0.3, 0.4) is 0 Å². The van der Waals surface area contributed by atoms with Crippen molar-refractivity contribution in [2.75, 3.05) is 5.32 Å². The minimum absolute atomic E-state index is 0.0510. The lowest BCUT2D eigenvalue weighted by Crippen LogP contribution is -2.11. The summed E-state index contributed by atoms with van der Waals surface area (Å²) in [5.74, 6) is -0.0510. The smallest absolute Gasteiger partial charge is 0.255 e. The summed E-state index contributed by atoms with van der Waals surface area (Å²) >= 11 is 0. The van der Waals surface area contributed by atoms with E-state index in [9.17, 15) is 4.79 Å². The first-order valence-corrected chi connectivity index (χ1v) is 9.22. The van der Waals surface area contributed by atoms with Crippen LogP contribution < -0.4 is 5.32 Å². The zero-order chi connectivity index (χ0) is 17.2. The number of nitrogens with one attached hydrogen (secondary N) is 1. The van der Waals surface area contributed by atoms with Crippen LogP contribution in [0.1, 0.15) is 67.4 Å². The fourth-order valence-corrected chi connectivity index (χ4v) is 2.78. The number of hydrogen-bond acceptors (Lipinski definition) is 1. The molecule has 0 bridgehead atoms. The molecular formula is C22H29NO. The summed E-state index contributed by atoms with van der Waals surface area (Å²) in [7, 11) is 0. The van der Waals surface area contributed by atoms with Crippen molar-refractivity contribution < 1.29 is 4.79 Å². The molecule has 2 rings (SSSR count). The van der Waals surface area contributed by atoms with Gasteiger partial charge in [0.25, 0.3) is 5.91 Å². The van der Waals surface area contributed by atoms with Crippen molar-refractivity contribution in [2.45, 2.75) is 58.8 Å². The van der Waals surface area contributed by atoms with Crippen molar-refractivity contribution in [1.82, 2.24) is 0 Å². The topological polar surface area (TPSA) is 29.1 Å². The van der Waals surface area contributed by atoms with Gasteiger partial charge in [-0.05, 0) is 54.7 Å². The fourth-order valence-electron chi connectivity index (χ4n) is 2.78. The monoisotopic (exact) mass is 323 g/mol. The van der Waals surface area contributed by atoms with Gasteiger partial charge in [0.2, 0.25) is 0 Å². The maximum atomic E-state index is 12.3. The summed E-state index contributed by atoms with van der Waals surface area (Å²) in [6, 6.07) is 16.0. The van der Waals surface area contributed by atoms with Crippen LogP contribution in [-0.4, -0.2) is 5.91 Å². The van der Waals surface area contributed by atoms with Crippen molar-refractivity contribution >= 4 is 11.6 Å². The molecule has 0 atom stereocenters. The van der Waals surface area contributed by atoms with E-state index >= 15 is 0 Å². The Hall–Kier alpha value is -2.09. The van der Waals surface area contributed by atoms with E-state index in [0.29, 0.717) is 5.56 Å². The minimum atomic E-state index is -0.0510. The molecule has 0 saturated heterocycles. The van der Waals surface area contributed by atoms with Crippen molar-refractivity contribution in [3.8, 4) is 0 Å². The van der Waals surface area contributed by atoms with E-state index in [1.807, 2.05) is 36.4 Å². The van der Waals surface area contributed by atoms with Crippen molar-refractivity contribution in [2.24, 2.45) is 0 Å². The van der Waals surface area contributed by atoms with E-state index in [2.05, 4.69) is 31.3 Å². The summed E-state index contributed by atoms with van der Waals surface area (Å²) in [6.07, 6.45) is 8.62. The summed E-state index contributed by atoms with van der Waals surface area (Å²) in [5.41, 5.74) is 4.15. The lowest BCUT2D eigenvalue weighted by molar-refractivity contribution is 0.102. The number of anilines is 1. The molecular weight excluding hydrogens is 294 g/mol. The molecule has 0 heterocycles. The maximum Gasteiger partial charge on any atom is 0.255 e. The van der Waals surface area contributed by atoms with Crippen LogP contribution in [0.25, 0.3) is 0 Å². The fraction of sp³-hybridized carbons (Fsp3) is 0.409. The van der Waals surface area contributed by atoms with Crippen molar-refractivity contribution in [3.05, 3.63) is 65.2 Å². The molecule has 0 radical (unpaired) electrons. The molecule has 0 saturated carbocycles. The molecule has 1 amide bonds. The molecule has 0 aliphatic heterocycles. The lowest BCUT2D eigenvalue weighted by Gasteiger charge is -2.07. The van der Waals surface area contributed by atoms with Gasteiger partial charge < -0.3 is 5.32 Å². The van der Waals surface area contributed by atoms with Gasteiger partial charge in [0.05, 0.1) is 0 Å². The molecule has 2 aromatic rings. The van der Waals surface area contributed by atoms with Crippen LogP contribution in [0, 0.1) is 0 Å². The number of hydrogen-bond donors (Lipinski definition) is 1. The van der Waals surface area contributed by atoms with E-state index in [4.69, 9.17) is 0 Å². The zero-order valence-electron chi connectivity index (χ0n) is 15.0. The molecule has 2 aromatic carbocycles. The summed E-state index contributed by atoms with van der Waals surface area (Å²) < 4.78 is 0. The molecule has 2 nitrogen and oxygen atoms in total. The first-order chi connectivity index (χ1) is 11.7. The van der Waals surface area contributed by atoms with Crippen LogP contribution in [0.4, 0.5) is 5.69 Å². The second-order valence-electron chi connectivity index (χ2n) is 6.37. The molecule has 0 spiro atoms. The van der Waals surface area contributed by atoms with Gasteiger partial charge in [-0.1, -0.05) is 63.8 Å². The zero-order valence-corrected chi connectivity index (χ0v) is 15.0. The Morgan fingerprint density at radius 3 is 2.04 bits per heavy atom. The summed E-state index contributed by atoms with van der Waals surface area (Å²) in [4.78, 5) is 12.3. The van der Waals surface area contributed by atoms with E-state index in [0.717, 1.165) is 18.5 Å². The first kappa shape index (κ1) is 18.3. The third kappa shape index (κ3) is 5.84. The second kappa shape index (κ2) is 9.92. The molecule has 0 aliphatic rings. The number of benzene rings is 2. The molecule has 0 aromatic heterocycles. The second-order valence-corrected chi connectivity index (χ2v) is 6.37. The van der Waals surface area contributed by atoms with Gasteiger partial charge in [-0.15, -0.1) is 0 Å². The van der Waals surface area contributed by atoms with E-state index in [1.165, 1.54) is 43.2 Å². The number of aryl methyl sites for hydroxylation is 2. The molecule has 0 unspecified atom stereocenters. The lowest BCUT2D eigenvalue weighted by atomic mass is 10.1. The maximum absolute atomic E-state index is 12.3. The molecule has 128 valence electrons.